The molecule has 0 aromatic heterocycles. The maximum absolute atomic E-state index is 11.7. The Morgan fingerprint density at radius 2 is 0.303 bits per heavy atom. The molecule has 0 amide bonds. The molecule has 0 saturated carbocycles. The van der Waals surface area contributed by atoms with E-state index in [9.17, 15) is 10.5 Å². The number of hydrogen-bond acceptors (Lipinski definition) is 6. The van der Waals surface area contributed by atoms with Crippen LogP contribution in [0, 0.1) is 46.3 Å². The van der Waals surface area contributed by atoms with E-state index in [0.717, 1.165) is 45.3 Å². The van der Waals surface area contributed by atoms with E-state index < -0.39 is 0 Å². The van der Waals surface area contributed by atoms with Crippen LogP contribution in [0.15, 0.2) is 60.7 Å². The summed E-state index contributed by atoms with van der Waals surface area (Å²) in [5, 5.41) is 23.3. The Bertz CT molecular complexity index is 2910. The van der Waals surface area contributed by atoms with E-state index in [2.05, 4.69) is 140 Å². The van der Waals surface area contributed by atoms with Crippen molar-refractivity contribution in [2.24, 2.45) is 23.7 Å². The third-order valence-electron chi connectivity index (χ3n) is 32.0. The van der Waals surface area contributed by atoms with Crippen molar-refractivity contribution >= 4 is 23.3 Å². The molecule has 4 unspecified atom stereocenters. The number of unbranched alkanes of at least 4 members (excludes halogenated alkanes) is 80. The minimum Gasteiger partial charge on any atom is -0.493 e. The minimum atomic E-state index is 0.459. The molecule has 4 atom stereocenters. The van der Waals surface area contributed by atoms with Crippen molar-refractivity contribution in [3.8, 4) is 35.1 Å². The first-order valence-corrected chi connectivity index (χ1v) is 64.4. The molecule has 0 aliphatic carbocycles. The number of nitriles is 2. The summed E-state index contributed by atoms with van der Waals surface area (Å²) in [4.78, 5) is 0. The van der Waals surface area contributed by atoms with Gasteiger partial charge in [0.15, 0.2) is 0 Å². The molecule has 6 heteroatoms. The van der Waals surface area contributed by atoms with Gasteiger partial charge < -0.3 is 18.9 Å². The lowest BCUT2D eigenvalue weighted by Crippen LogP contribution is -2.15. The van der Waals surface area contributed by atoms with E-state index in [1.807, 2.05) is 0 Å². The zero-order valence-electron chi connectivity index (χ0n) is 96.5. The van der Waals surface area contributed by atoms with E-state index >= 15 is 0 Å². The molecular weight excluding hydrogens is 1730 g/mol. The smallest absolute Gasteiger partial charge is 0.130 e. The lowest BCUT2D eigenvalue weighted by Gasteiger charge is -2.22. The van der Waals surface area contributed by atoms with Crippen LogP contribution in [0.25, 0.3) is 23.3 Å². The topological polar surface area (TPSA) is 84.5 Å². The molecule has 0 saturated heterocycles. The molecule has 0 heterocycles. The Balaban J connectivity index is 2.22. The quantitative estimate of drug-likeness (QED) is 0.0318. The Kier molecular flexibility index (Phi) is 95.8. The van der Waals surface area contributed by atoms with Crippen molar-refractivity contribution in [2.75, 3.05) is 26.4 Å². The summed E-state index contributed by atoms with van der Waals surface area (Å²) in [6.45, 7) is 21.2. The molecule has 0 bridgehead atoms. The second-order valence-electron chi connectivity index (χ2n) is 45.6. The van der Waals surface area contributed by atoms with E-state index in [1.165, 1.54) is 616 Å². The molecule has 6 nitrogen and oxygen atoms in total. The van der Waals surface area contributed by atoms with E-state index in [1.54, 1.807) is 0 Å². The summed E-state index contributed by atoms with van der Waals surface area (Å²) < 4.78 is 29.2. The van der Waals surface area contributed by atoms with E-state index in [-0.39, 0.29) is 0 Å². The summed E-state index contributed by atoms with van der Waals surface area (Å²) in [5.74, 6) is 5.09. The summed E-state index contributed by atoms with van der Waals surface area (Å²) >= 11 is 0. The largest absolute Gasteiger partial charge is 0.493 e. The zero-order chi connectivity index (χ0) is 102. The van der Waals surface area contributed by atoms with Crippen LogP contribution in [-0.2, 0) is 0 Å². The summed E-state index contributed by atoms with van der Waals surface area (Å²) in [5.41, 5.74) is 4.50. The van der Waals surface area contributed by atoms with Crippen molar-refractivity contribution in [3.63, 3.8) is 0 Å². The fraction of sp³-hybridized carbons (Fsp3) is 0.824. The van der Waals surface area contributed by atoms with Crippen molar-refractivity contribution < 1.29 is 18.9 Å². The Labute approximate surface area is 886 Å². The van der Waals surface area contributed by atoms with Crippen LogP contribution in [0.2, 0.25) is 0 Å². The Morgan fingerprint density at radius 1 is 0.183 bits per heavy atom. The standard InChI is InChI=1S/C136H240N2O4/c1-9-17-25-33-41-49-57-61-69-77-85-93-103-123(99-89-81-73-65-53-45-37-29-21-13-5)119-139-133-107-97-108-134(140-120-124(100-90-82-74-66-54-46-38-30-22-14-6)104-94-86-78-70-62-58-50-42-34-26-18-10-2)131(133)115-129(117-137)127-111-113-128(114-112-127)130(118-138)116-132-135(141-121-125(101-91-83-75-67-55-47-39-31-23-15-7)105-95-87-79-71-63-59-51-43-35-27-19-11-3)109-98-110-136(132)142-122-126(102-92-84-76-68-56-48-40-32-24-16-8)106-96-88-80-72-64-60-52-44-36-28-20-12-4/h97-98,107-116,123-126H,9-96,99-106,119-122H2,1-8H3/b129-115+,130-116+. The average molecular weight is 1970 g/mol. The molecule has 3 aromatic carbocycles. The van der Waals surface area contributed by atoms with Crippen LogP contribution in [-0.4, -0.2) is 26.4 Å². The van der Waals surface area contributed by atoms with Gasteiger partial charge in [-0.1, -0.05) is 657 Å². The number of allylic oxidation sites excluding steroid dienone is 2. The lowest BCUT2D eigenvalue weighted by molar-refractivity contribution is 0.213. The van der Waals surface area contributed by atoms with Crippen LogP contribution in [0.4, 0.5) is 0 Å². The molecule has 0 fully saturated rings. The second kappa shape index (κ2) is 103. The van der Waals surface area contributed by atoms with Gasteiger partial charge in [0.2, 0.25) is 0 Å². The summed E-state index contributed by atoms with van der Waals surface area (Å²) in [6.07, 6.45) is 133. The Hall–Kier alpha value is -4.68. The molecule has 142 heavy (non-hydrogen) atoms. The molecule has 818 valence electrons. The fourth-order valence-corrected chi connectivity index (χ4v) is 22.2. The number of rotatable bonds is 112. The highest BCUT2D eigenvalue weighted by Crippen LogP contribution is 2.39. The van der Waals surface area contributed by atoms with Gasteiger partial charge in [0, 0.05) is 0 Å². The second-order valence-corrected chi connectivity index (χ2v) is 45.6. The van der Waals surface area contributed by atoms with Gasteiger partial charge in [0.05, 0.1) is 60.8 Å². The van der Waals surface area contributed by atoms with Crippen molar-refractivity contribution in [2.45, 2.75) is 672 Å². The van der Waals surface area contributed by atoms with Crippen LogP contribution >= 0.6 is 0 Å². The first-order chi connectivity index (χ1) is 70.3. The van der Waals surface area contributed by atoms with Gasteiger partial charge in [0.1, 0.15) is 23.0 Å². The zero-order valence-corrected chi connectivity index (χ0v) is 96.5. The van der Waals surface area contributed by atoms with Crippen molar-refractivity contribution in [3.05, 3.63) is 82.9 Å². The molecule has 3 aromatic rings. The van der Waals surface area contributed by atoms with Crippen LogP contribution in [0.1, 0.15) is 694 Å². The first-order valence-electron chi connectivity index (χ1n) is 64.4. The normalized spacial score (nSPS) is 12.7. The summed E-state index contributed by atoms with van der Waals surface area (Å²) in [6, 6.07) is 26.7. The number of nitrogens with zero attached hydrogens (tertiary/aromatic N) is 2. The monoisotopic (exact) mass is 1970 g/mol. The number of benzene rings is 3. The third-order valence-corrected chi connectivity index (χ3v) is 32.0. The van der Waals surface area contributed by atoms with Gasteiger partial charge in [0.25, 0.3) is 0 Å². The number of hydrogen-bond donors (Lipinski definition) is 0. The van der Waals surface area contributed by atoms with Gasteiger partial charge in [-0.2, -0.15) is 10.5 Å². The van der Waals surface area contributed by atoms with E-state index in [0.29, 0.717) is 61.2 Å². The predicted octanol–water partition coefficient (Wildman–Crippen LogP) is 47.4. The third kappa shape index (κ3) is 77.6. The summed E-state index contributed by atoms with van der Waals surface area (Å²) in [7, 11) is 0. The predicted molar refractivity (Wildman–Crippen MR) is 631 cm³/mol. The Morgan fingerprint density at radius 3 is 0.423 bits per heavy atom. The van der Waals surface area contributed by atoms with Crippen molar-refractivity contribution in [1.29, 1.82) is 10.5 Å². The minimum absolute atomic E-state index is 0.459. The van der Waals surface area contributed by atoms with Gasteiger partial charge in [-0.3, -0.25) is 0 Å². The highest BCUT2D eigenvalue weighted by Gasteiger charge is 2.22. The molecule has 0 radical (unpaired) electrons. The molecular formula is C136H240N2O4. The van der Waals surface area contributed by atoms with Gasteiger partial charge in [-0.15, -0.1) is 0 Å². The fourth-order valence-electron chi connectivity index (χ4n) is 22.2. The van der Waals surface area contributed by atoms with Crippen LogP contribution < -0.4 is 18.9 Å². The SMILES string of the molecule is CCCCCCCCCCCCCCC(CCCCCCCCCCCC)COc1cccc(OCC(CCCCCCCCCCCC)CCCCCCCCCCCCCC)c1/C=C(\C#N)c1ccc(/C(C#N)=C/c2c(OCC(CCCCCCCCCCCC)CCCCCCCCCCCCCC)cccc2OCC(CCCCCCCCCCCC)CCCCCCCCCCCCCC)cc1. The maximum Gasteiger partial charge on any atom is 0.130 e. The highest BCUT2D eigenvalue weighted by molar-refractivity contribution is 5.94. The van der Waals surface area contributed by atoms with Gasteiger partial charge in [-0.05, 0) is 123 Å². The van der Waals surface area contributed by atoms with E-state index in [4.69, 9.17) is 18.9 Å². The van der Waals surface area contributed by atoms with Gasteiger partial charge >= 0.3 is 0 Å². The maximum atomic E-state index is 11.7. The lowest BCUT2D eigenvalue weighted by atomic mass is 9.94. The molecule has 0 N–H and O–H groups in total. The average Bonchev–Trinajstić information content (AvgIpc) is 0.819. The molecule has 0 aliphatic heterocycles. The molecule has 3 rings (SSSR count). The highest BCUT2D eigenvalue weighted by atomic mass is 16.5. The van der Waals surface area contributed by atoms with Crippen molar-refractivity contribution in [1.82, 2.24) is 0 Å². The molecule has 0 spiro atoms. The first kappa shape index (κ1) is 131. The van der Waals surface area contributed by atoms with Crippen LogP contribution in [0.3, 0.4) is 0 Å². The van der Waals surface area contributed by atoms with Gasteiger partial charge in [-0.25, -0.2) is 0 Å². The van der Waals surface area contributed by atoms with Crippen LogP contribution in [0.5, 0.6) is 23.0 Å². The molecule has 0 aliphatic rings. The number of ether oxygens (including phenoxy) is 4.